The van der Waals surface area contributed by atoms with E-state index in [4.69, 9.17) is 5.26 Å². The highest BCUT2D eigenvalue weighted by Crippen LogP contribution is 2.26. The van der Waals surface area contributed by atoms with Crippen LogP contribution < -0.4 is 5.32 Å². The summed E-state index contributed by atoms with van der Waals surface area (Å²) >= 11 is 0. The molecule has 0 aromatic heterocycles. The molecule has 7 heteroatoms. The molecule has 1 fully saturated rings. The van der Waals surface area contributed by atoms with Crippen LogP contribution in [0.5, 0.6) is 0 Å². The minimum atomic E-state index is -3.62. The molecule has 0 unspecified atom stereocenters. The Bertz CT molecular complexity index is 996. The first-order valence-corrected chi connectivity index (χ1v) is 10.6. The number of nitrogens with one attached hydrogen (secondary N) is 1. The van der Waals surface area contributed by atoms with Crippen LogP contribution in [0.3, 0.4) is 0 Å². The van der Waals surface area contributed by atoms with Gasteiger partial charge in [-0.3, -0.25) is 4.79 Å². The van der Waals surface area contributed by atoms with Crippen molar-refractivity contribution in [3.05, 3.63) is 59.2 Å². The number of benzene rings is 2. The predicted octanol–water partition coefficient (Wildman–Crippen LogP) is 3.21. The Morgan fingerprint density at radius 2 is 1.64 bits per heavy atom. The van der Waals surface area contributed by atoms with Crippen molar-refractivity contribution in [2.75, 3.05) is 18.4 Å². The van der Waals surface area contributed by atoms with Gasteiger partial charge < -0.3 is 5.32 Å². The lowest BCUT2D eigenvalue weighted by Crippen LogP contribution is -2.41. The quantitative estimate of drug-likeness (QED) is 0.858. The summed E-state index contributed by atoms with van der Waals surface area (Å²) in [6, 6.07) is 13.7. The minimum Gasteiger partial charge on any atom is -0.325 e. The maximum absolute atomic E-state index is 12.8. The summed E-state index contributed by atoms with van der Waals surface area (Å²) in [6.45, 7) is 4.51. The summed E-state index contributed by atoms with van der Waals surface area (Å²) in [5.74, 6) is -0.278. The lowest BCUT2D eigenvalue weighted by atomic mass is 9.96. The molecule has 28 heavy (non-hydrogen) atoms. The second kappa shape index (κ2) is 8.13. The molecule has 146 valence electrons. The Morgan fingerprint density at radius 1 is 1.07 bits per heavy atom. The van der Waals surface area contributed by atoms with Crippen molar-refractivity contribution < 1.29 is 13.2 Å². The van der Waals surface area contributed by atoms with Gasteiger partial charge in [-0.2, -0.15) is 9.57 Å². The van der Waals surface area contributed by atoms with Gasteiger partial charge in [-0.1, -0.05) is 18.2 Å². The molecule has 3 rings (SSSR count). The molecule has 0 saturated carbocycles. The minimum absolute atomic E-state index is 0.0622. The highest BCUT2D eigenvalue weighted by atomic mass is 32.2. The van der Waals surface area contributed by atoms with Crippen LogP contribution in [0, 0.1) is 31.1 Å². The number of aryl methyl sites for hydroxylation is 2. The molecule has 0 atom stereocenters. The molecular weight excluding hydrogens is 374 g/mol. The first kappa shape index (κ1) is 20.1. The topological polar surface area (TPSA) is 90.3 Å². The third-order valence-corrected chi connectivity index (χ3v) is 7.09. The lowest BCUT2D eigenvalue weighted by molar-refractivity contribution is -0.120. The van der Waals surface area contributed by atoms with Crippen molar-refractivity contribution in [2.45, 2.75) is 31.6 Å². The zero-order chi connectivity index (χ0) is 20.3. The molecule has 1 saturated heterocycles. The first-order valence-electron chi connectivity index (χ1n) is 9.20. The molecule has 0 bridgehead atoms. The van der Waals surface area contributed by atoms with Crippen molar-refractivity contribution >= 4 is 21.6 Å². The number of amides is 1. The average molecular weight is 398 g/mol. The van der Waals surface area contributed by atoms with E-state index < -0.39 is 10.0 Å². The third kappa shape index (κ3) is 4.08. The van der Waals surface area contributed by atoms with Crippen LogP contribution in [0.25, 0.3) is 0 Å². The number of rotatable bonds is 4. The van der Waals surface area contributed by atoms with Gasteiger partial charge in [0.05, 0.1) is 16.5 Å². The molecule has 6 nitrogen and oxygen atoms in total. The third-order valence-electron chi connectivity index (χ3n) is 5.18. The largest absolute Gasteiger partial charge is 0.325 e. The van der Waals surface area contributed by atoms with E-state index in [1.54, 1.807) is 0 Å². The van der Waals surface area contributed by atoms with Crippen LogP contribution in [0.4, 0.5) is 5.69 Å². The summed E-state index contributed by atoms with van der Waals surface area (Å²) in [4.78, 5) is 12.8. The van der Waals surface area contributed by atoms with Crippen molar-refractivity contribution in [1.29, 1.82) is 5.26 Å². The fourth-order valence-corrected chi connectivity index (χ4v) is 4.92. The Labute approximate surface area is 165 Å². The van der Waals surface area contributed by atoms with Crippen LogP contribution >= 0.6 is 0 Å². The zero-order valence-electron chi connectivity index (χ0n) is 16.0. The van der Waals surface area contributed by atoms with Gasteiger partial charge in [0.25, 0.3) is 0 Å². The first-order chi connectivity index (χ1) is 13.3. The van der Waals surface area contributed by atoms with Gasteiger partial charge in [0.2, 0.25) is 15.9 Å². The Hall–Kier alpha value is -2.69. The molecule has 1 aliphatic rings. The van der Waals surface area contributed by atoms with E-state index in [9.17, 15) is 13.2 Å². The van der Waals surface area contributed by atoms with E-state index in [1.165, 1.54) is 28.6 Å². The van der Waals surface area contributed by atoms with E-state index in [-0.39, 0.29) is 16.7 Å². The SMILES string of the molecule is Cc1cccc(C)c1NC(=O)C1CCN(S(=O)(=O)c2ccc(C#N)cc2)CC1. The number of carbonyl (C=O) groups is 1. The standard InChI is InChI=1S/C21H23N3O3S/c1-15-4-3-5-16(2)20(15)23-21(25)18-10-12-24(13-11-18)28(26,27)19-8-6-17(14-22)7-9-19/h3-9,18H,10-13H2,1-2H3,(H,23,25). The molecule has 2 aromatic rings. The molecular formula is C21H23N3O3S. The fourth-order valence-electron chi connectivity index (χ4n) is 3.45. The van der Waals surface area contributed by atoms with Crippen molar-refractivity contribution in [3.63, 3.8) is 0 Å². The highest BCUT2D eigenvalue weighted by molar-refractivity contribution is 7.89. The summed E-state index contributed by atoms with van der Waals surface area (Å²) in [5.41, 5.74) is 3.27. The molecule has 0 radical (unpaired) electrons. The second-order valence-electron chi connectivity index (χ2n) is 7.07. The van der Waals surface area contributed by atoms with Crippen LogP contribution in [-0.2, 0) is 14.8 Å². The lowest BCUT2D eigenvalue weighted by Gasteiger charge is -2.30. The number of sulfonamides is 1. The number of para-hydroxylation sites is 1. The highest BCUT2D eigenvalue weighted by Gasteiger charge is 2.32. The van der Waals surface area contributed by atoms with E-state index in [0.717, 1.165) is 16.8 Å². The fraction of sp³-hybridized carbons (Fsp3) is 0.333. The summed E-state index contributed by atoms with van der Waals surface area (Å²) < 4.78 is 27.0. The van der Waals surface area contributed by atoms with Crippen molar-refractivity contribution in [2.24, 2.45) is 5.92 Å². The number of carbonyl (C=O) groups excluding carboxylic acids is 1. The molecule has 2 aromatic carbocycles. The van der Waals surface area contributed by atoms with Crippen LogP contribution in [0.15, 0.2) is 47.4 Å². The van der Waals surface area contributed by atoms with Gasteiger partial charge >= 0.3 is 0 Å². The average Bonchev–Trinajstić information content (AvgIpc) is 2.71. The number of nitriles is 1. The summed E-state index contributed by atoms with van der Waals surface area (Å²) in [7, 11) is -3.62. The normalized spacial score (nSPS) is 15.8. The molecule has 1 aliphatic heterocycles. The molecule has 1 N–H and O–H groups in total. The van der Waals surface area contributed by atoms with Gasteiger partial charge in [-0.25, -0.2) is 8.42 Å². The van der Waals surface area contributed by atoms with Gasteiger partial charge in [0.15, 0.2) is 0 Å². The van der Waals surface area contributed by atoms with Crippen molar-refractivity contribution in [3.8, 4) is 6.07 Å². The van der Waals surface area contributed by atoms with Crippen molar-refractivity contribution in [1.82, 2.24) is 4.31 Å². The molecule has 0 aliphatic carbocycles. The Kier molecular flexibility index (Phi) is 5.82. The molecule has 1 heterocycles. The summed E-state index contributed by atoms with van der Waals surface area (Å²) in [5, 5.41) is 11.9. The zero-order valence-corrected chi connectivity index (χ0v) is 16.8. The van der Waals surface area contributed by atoms with E-state index >= 15 is 0 Å². The Balaban J connectivity index is 1.65. The smallest absolute Gasteiger partial charge is 0.243 e. The number of piperidine rings is 1. The van der Waals surface area contributed by atoms with Gasteiger partial charge in [-0.15, -0.1) is 0 Å². The summed E-state index contributed by atoms with van der Waals surface area (Å²) in [6.07, 6.45) is 0.957. The predicted molar refractivity (Wildman–Crippen MR) is 107 cm³/mol. The van der Waals surface area contributed by atoms with Crippen LogP contribution in [-0.4, -0.2) is 31.7 Å². The number of anilines is 1. The second-order valence-corrected chi connectivity index (χ2v) is 9.01. The molecule has 1 amide bonds. The number of nitrogens with zero attached hydrogens (tertiary/aromatic N) is 2. The van der Waals surface area contributed by atoms with Crippen LogP contribution in [0.2, 0.25) is 0 Å². The van der Waals surface area contributed by atoms with Gasteiger partial charge in [0.1, 0.15) is 0 Å². The van der Waals surface area contributed by atoms with E-state index in [1.807, 2.05) is 38.1 Å². The van der Waals surface area contributed by atoms with Crippen LogP contribution in [0.1, 0.15) is 29.5 Å². The van der Waals surface area contributed by atoms with E-state index in [2.05, 4.69) is 5.32 Å². The maximum atomic E-state index is 12.8. The van der Waals surface area contributed by atoms with Gasteiger partial charge in [0, 0.05) is 24.7 Å². The number of hydrogen-bond acceptors (Lipinski definition) is 4. The maximum Gasteiger partial charge on any atom is 0.243 e. The monoisotopic (exact) mass is 397 g/mol. The molecule has 0 spiro atoms. The number of hydrogen-bond donors (Lipinski definition) is 1. The van der Waals surface area contributed by atoms with Gasteiger partial charge in [-0.05, 0) is 62.1 Å². The Morgan fingerprint density at radius 3 is 2.18 bits per heavy atom. The van der Waals surface area contributed by atoms with E-state index in [0.29, 0.717) is 31.5 Å².